The Morgan fingerprint density at radius 2 is 1.77 bits per heavy atom. The minimum Gasteiger partial charge on any atom is -0.462 e. The average molecular weight is 437 g/mol. The fourth-order valence-electron chi connectivity index (χ4n) is 3.36. The molecule has 1 aromatic heterocycles. The largest absolute Gasteiger partial charge is 0.462 e. The van der Waals surface area contributed by atoms with Crippen LogP contribution in [0.1, 0.15) is 62.2 Å². The lowest BCUT2D eigenvalue weighted by Gasteiger charge is -2.17. The topological polar surface area (TPSA) is 106 Å². The van der Waals surface area contributed by atoms with E-state index in [1.54, 1.807) is 39.0 Å². The Morgan fingerprint density at radius 1 is 1.06 bits per heavy atom. The number of thiazole rings is 1. The van der Waals surface area contributed by atoms with Crippen molar-refractivity contribution in [3.05, 3.63) is 58.7 Å². The van der Waals surface area contributed by atoms with E-state index in [9.17, 15) is 19.2 Å². The molecule has 0 bridgehead atoms. The van der Waals surface area contributed by atoms with Gasteiger partial charge in [0.05, 0.1) is 33.5 Å². The summed E-state index contributed by atoms with van der Waals surface area (Å²) < 4.78 is 5.73. The molecular weight excluding hydrogens is 418 g/mol. The van der Waals surface area contributed by atoms with Gasteiger partial charge in [-0.05, 0) is 57.2 Å². The molecular formula is C22H19N3O5S. The molecule has 0 fully saturated rings. The summed E-state index contributed by atoms with van der Waals surface area (Å²) in [7, 11) is 0. The maximum Gasteiger partial charge on any atom is 0.338 e. The van der Waals surface area contributed by atoms with Crippen molar-refractivity contribution >= 4 is 50.4 Å². The number of carbonyl (C=O) groups is 4. The van der Waals surface area contributed by atoms with Crippen LogP contribution in [0.15, 0.2) is 36.4 Å². The fraction of sp³-hybridized carbons (Fsp3) is 0.227. The van der Waals surface area contributed by atoms with E-state index >= 15 is 0 Å². The van der Waals surface area contributed by atoms with Crippen LogP contribution in [-0.2, 0) is 4.74 Å². The number of hydrogen-bond donors (Lipinski definition) is 1. The van der Waals surface area contributed by atoms with Crippen LogP contribution in [0.3, 0.4) is 0 Å². The van der Waals surface area contributed by atoms with E-state index in [0.29, 0.717) is 21.8 Å². The third-order valence-electron chi connectivity index (χ3n) is 4.82. The standard InChI is InChI=1S/C22H19N3O5S/c1-4-30-21(29)13-6-8-16-17(10-13)31-22(23-16)24-18(26)12-5-7-14-15(9-12)20(28)25(11(2)3)19(14)27/h5-11H,4H2,1-3H3,(H,23,24,26). The van der Waals surface area contributed by atoms with Crippen molar-refractivity contribution < 1.29 is 23.9 Å². The van der Waals surface area contributed by atoms with E-state index in [1.165, 1.54) is 34.4 Å². The number of imide groups is 1. The number of anilines is 1. The Morgan fingerprint density at radius 3 is 2.48 bits per heavy atom. The molecule has 8 nitrogen and oxygen atoms in total. The molecule has 2 heterocycles. The molecule has 0 radical (unpaired) electrons. The second kappa shape index (κ2) is 7.92. The van der Waals surface area contributed by atoms with E-state index in [-0.39, 0.29) is 29.7 Å². The zero-order valence-electron chi connectivity index (χ0n) is 17.1. The van der Waals surface area contributed by atoms with Crippen LogP contribution in [-0.4, -0.2) is 46.2 Å². The van der Waals surface area contributed by atoms with Gasteiger partial charge in [0.1, 0.15) is 0 Å². The zero-order chi connectivity index (χ0) is 22.3. The third-order valence-corrected chi connectivity index (χ3v) is 5.75. The lowest BCUT2D eigenvalue weighted by molar-refractivity contribution is 0.0524. The predicted molar refractivity (Wildman–Crippen MR) is 116 cm³/mol. The zero-order valence-corrected chi connectivity index (χ0v) is 17.9. The van der Waals surface area contributed by atoms with Gasteiger partial charge in [-0.15, -0.1) is 0 Å². The number of benzene rings is 2. The summed E-state index contributed by atoms with van der Waals surface area (Å²) >= 11 is 1.22. The van der Waals surface area contributed by atoms with Crippen LogP contribution in [0, 0.1) is 0 Å². The number of esters is 1. The molecule has 0 unspecified atom stereocenters. The summed E-state index contributed by atoms with van der Waals surface area (Å²) in [4.78, 5) is 55.1. The second-order valence-electron chi connectivity index (χ2n) is 7.21. The number of carbonyl (C=O) groups excluding carboxylic acids is 4. The Kier molecular flexibility index (Phi) is 5.28. The highest BCUT2D eigenvalue weighted by molar-refractivity contribution is 7.22. The second-order valence-corrected chi connectivity index (χ2v) is 8.24. The molecule has 1 aliphatic rings. The fourth-order valence-corrected chi connectivity index (χ4v) is 4.26. The van der Waals surface area contributed by atoms with Crippen LogP contribution in [0.5, 0.6) is 0 Å². The number of aromatic nitrogens is 1. The molecule has 4 rings (SSSR count). The van der Waals surface area contributed by atoms with Crippen molar-refractivity contribution in [2.75, 3.05) is 11.9 Å². The van der Waals surface area contributed by atoms with Gasteiger partial charge in [0.2, 0.25) is 0 Å². The molecule has 2 aromatic carbocycles. The van der Waals surface area contributed by atoms with E-state index < -0.39 is 17.8 Å². The first-order chi connectivity index (χ1) is 14.8. The minimum absolute atomic E-state index is 0.217. The Balaban J connectivity index is 1.57. The number of ether oxygens (including phenoxy) is 1. The molecule has 9 heteroatoms. The number of hydrogen-bond acceptors (Lipinski definition) is 7. The third kappa shape index (κ3) is 3.68. The molecule has 0 aliphatic carbocycles. The summed E-state index contributed by atoms with van der Waals surface area (Å²) in [5.41, 5.74) is 1.80. The summed E-state index contributed by atoms with van der Waals surface area (Å²) in [6, 6.07) is 9.14. The Hall–Kier alpha value is -3.59. The van der Waals surface area contributed by atoms with Crippen molar-refractivity contribution in [3.63, 3.8) is 0 Å². The molecule has 3 aromatic rings. The SMILES string of the molecule is CCOC(=O)c1ccc2nc(NC(=O)c3ccc4c(c3)C(=O)N(C(C)C)C4=O)sc2c1. The quantitative estimate of drug-likeness (QED) is 0.482. The first-order valence-corrected chi connectivity index (χ1v) is 10.5. The molecule has 0 saturated heterocycles. The lowest BCUT2D eigenvalue weighted by atomic mass is 10.1. The summed E-state index contributed by atoms with van der Waals surface area (Å²) in [5, 5.41) is 3.07. The van der Waals surface area contributed by atoms with Gasteiger partial charge in [-0.2, -0.15) is 0 Å². The highest BCUT2D eigenvalue weighted by Crippen LogP contribution is 2.29. The number of fused-ring (bicyclic) bond motifs is 2. The average Bonchev–Trinajstić information content (AvgIpc) is 3.25. The van der Waals surface area contributed by atoms with Crippen molar-refractivity contribution in [1.82, 2.24) is 9.88 Å². The van der Waals surface area contributed by atoms with Gasteiger partial charge in [0, 0.05) is 11.6 Å². The molecule has 158 valence electrons. The van der Waals surface area contributed by atoms with Crippen LogP contribution in [0.4, 0.5) is 5.13 Å². The summed E-state index contributed by atoms with van der Waals surface area (Å²) in [6.07, 6.45) is 0. The first-order valence-electron chi connectivity index (χ1n) is 9.71. The van der Waals surface area contributed by atoms with Crippen molar-refractivity contribution in [2.24, 2.45) is 0 Å². The smallest absolute Gasteiger partial charge is 0.338 e. The Labute approximate surface area is 181 Å². The normalized spacial score (nSPS) is 13.1. The number of amides is 3. The number of nitrogens with zero attached hydrogens (tertiary/aromatic N) is 2. The van der Waals surface area contributed by atoms with Crippen LogP contribution in [0.25, 0.3) is 10.2 Å². The minimum atomic E-state index is -0.448. The number of rotatable bonds is 5. The summed E-state index contributed by atoms with van der Waals surface area (Å²) in [5.74, 6) is -1.63. The molecule has 1 aliphatic heterocycles. The van der Waals surface area contributed by atoms with Crippen LogP contribution < -0.4 is 5.32 Å². The first kappa shape index (κ1) is 20.7. The van der Waals surface area contributed by atoms with Gasteiger partial charge in [0.15, 0.2) is 5.13 Å². The van der Waals surface area contributed by atoms with Gasteiger partial charge in [-0.1, -0.05) is 11.3 Å². The molecule has 0 saturated carbocycles. The van der Waals surface area contributed by atoms with Crippen LogP contribution in [0.2, 0.25) is 0 Å². The van der Waals surface area contributed by atoms with Gasteiger partial charge < -0.3 is 4.74 Å². The van der Waals surface area contributed by atoms with E-state index in [4.69, 9.17) is 4.74 Å². The van der Waals surface area contributed by atoms with Crippen molar-refractivity contribution in [2.45, 2.75) is 26.8 Å². The van der Waals surface area contributed by atoms with E-state index in [1.807, 2.05) is 0 Å². The predicted octanol–water partition coefficient (Wildman–Crippen LogP) is 3.73. The van der Waals surface area contributed by atoms with Gasteiger partial charge in [0.25, 0.3) is 17.7 Å². The van der Waals surface area contributed by atoms with Crippen LogP contribution >= 0.6 is 11.3 Å². The highest BCUT2D eigenvalue weighted by atomic mass is 32.1. The maximum absolute atomic E-state index is 12.7. The van der Waals surface area contributed by atoms with Gasteiger partial charge >= 0.3 is 5.97 Å². The molecule has 31 heavy (non-hydrogen) atoms. The molecule has 3 amide bonds. The van der Waals surface area contributed by atoms with Crippen molar-refractivity contribution in [3.8, 4) is 0 Å². The summed E-state index contributed by atoms with van der Waals surface area (Å²) in [6.45, 7) is 5.54. The maximum atomic E-state index is 12.7. The number of nitrogens with one attached hydrogen (secondary N) is 1. The van der Waals surface area contributed by atoms with Gasteiger partial charge in [-0.25, -0.2) is 9.78 Å². The lowest BCUT2D eigenvalue weighted by Crippen LogP contribution is -2.35. The monoisotopic (exact) mass is 437 g/mol. The van der Waals surface area contributed by atoms with E-state index in [2.05, 4.69) is 10.3 Å². The van der Waals surface area contributed by atoms with Gasteiger partial charge in [-0.3, -0.25) is 24.6 Å². The molecule has 0 atom stereocenters. The van der Waals surface area contributed by atoms with Crippen molar-refractivity contribution in [1.29, 1.82) is 0 Å². The Bertz CT molecular complexity index is 1250. The van der Waals surface area contributed by atoms with E-state index in [0.717, 1.165) is 4.70 Å². The highest BCUT2D eigenvalue weighted by Gasteiger charge is 2.37. The molecule has 1 N–H and O–H groups in total. The molecule has 0 spiro atoms.